The van der Waals surface area contributed by atoms with Crippen LogP contribution in [0.4, 0.5) is 9.39 Å². The number of rotatable bonds is 7. The number of carbonyl (C=O) groups excluding carboxylic acids is 1. The molecule has 0 saturated carbocycles. The molecule has 1 aromatic heterocycles. The van der Waals surface area contributed by atoms with Crippen LogP contribution in [0.5, 0.6) is 0 Å². The maximum absolute atomic E-state index is 14.7. The van der Waals surface area contributed by atoms with Gasteiger partial charge in [0.1, 0.15) is 16.5 Å². The molecule has 1 aromatic rings. The van der Waals surface area contributed by atoms with Crippen LogP contribution < -0.4 is 5.32 Å². The van der Waals surface area contributed by atoms with Crippen LogP contribution in [0.2, 0.25) is 0 Å². The van der Waals surface area contributed by atoms with E-state index < -0.39 is 0 Å². The van der Waals surface area contributed by atoms with E-state index in [1.54, 1.807) is 0 Å². The molecule has 160 valence electrons. The van der Waals surface area contributed by atoms with Crippen LogP contribution in [-0.2, 0) is 0 Å². The van der Waals surface area contributed by atoms with Crippen molar-refractivity contribution in [2.24, 2.45) is 4.99 Å². The third-order valence-electron chi connectivity index (χ3n) is 5.76. The largest absolute Gasteiger partial charge is 0.347 e. The molecule has 4 rings (SSSR count). The molecule has 5 nitrogen and oxygen atoms in total. The van der Waals surface area contributed by atoms with Gasteiger partial charge in [0.25, 0.3) is 5.91 Å². The van der Waals surface area contributed by atoms with E-state index in [0.717, 1.165) is 61.3 Å². The Kier molecular flexibility index (Phi) is 6.46. The van der Waals surface area contributed by atoms with Crippen molar-refractivity contribution in [2.75, 3.05) is 6.54 Å². The molecule has 3 aliphatic rings. The number of allylic oxidation sites excluding steroid dienone is 4. The number of nitrogens with zero attached hydrogens (tertiary/aromatic N) is 3. The fraction of sp³-hybridized carbons (Fsp3) is 0.522. The fourth-order valence-electron chi connectivity index (χ4n) is 4.42. The number of thiazole rings is 1. The van der Waals surface area contributed by atoms with E-state index in [4.69, 9.17) is 4.98 Å². The van der Waals surface area contributed by atoms with Gasteiger partial charge in [0.05, 0.1) is 11.4 Å². The summed E-state index contributed by atoms with van der Waals surface area (Å²) in [4.78, 5) is 24.1. The third-order valence-corrected chi connectivity index (χ3v) is 6.72. The molecular weight excluding hydrogens is 399 g/mol. The zero-order valence-corrected chi connectivity index (χ0v) is 18.5. The lowest BCUT2D eigenvalue weighted by Crippen LogP contribution is -2.34. The summed E-state index contributed by atoms with van der Waals surface area (Å²) in [6, 6.07) is 0.169. The van der Waals surface area contributed by atoms with E-state index >= 15 is 0 Å². The van der Waals surface area contributed by atoms with Crippen LogP contribution in [0.1, 0.15) is 80.7 Å². The lowest BCUT2D eigenvalue weighted by Gasteiger charge is -2.24. The van der Waals surface area contributed by atoms with Crippen molar-refractivity contribution in [1.29, 1.82) is 0 Å². The Morgan fingerprint density at radius 1 is 1.27 bits per heavy atom. The van der Waals surface area contributed by atoms with Gasteiger partial charge in [0.2, 0.25) is 0 Å². The summed E-state index contributed by atoms with van der Waals surface area (Å²) in [6.45, 7) is 4.99. The summed E-state index contributed by atoms with van der Waals surface area (Å²) >= 11 is 1.31. The molecule has 0 spiro atoms. The Balaban J connectivity index is 1.62. The maximum atomic E-state index is 14.7. The van der Waals surface area contributed by atoms with Crippen molar-refractivity contribution in [2.45, 2.75) is 71.3 Å². The number of hydrogen-bond acceptors (Lipinski definition) is 5. The van der Waals surface area contributed by atoms with Crippen LogP contribution in [-0.4, -0.2) is 34.6 Å². The van der Waals surface area contributed by atoms with Gasteiger partial charge < -0.3 is 10.2 Å². The van der Waals surface area contributed by atoms with Gasteiger partial charge in [0.15, 0.2) is 5.01 Å². The average Bonchev–Trinajstić information content (AvgIpc) is 3.30. The highest BCUT2D eigenvalue weighted by Crippen LogP contribution is 2.44. The van der Waals surface area contributed by atoms with E-state index in [-0.39, 0.29) is 17.8 Å². The molecular formula is C23H29FN4OS. The maximum Gasteiger partial charge on any atom is 0.280 e. The quantitative estimate of drug-likeness (QED) is 0.589. The van der Waals surface area contributed by atoms with Gasteiger partial charge in [-0.25, -0.2) is 14.4 Å². The Labute approximate surface area is 181 Å². The van der Waals surface area contributed by atoms with Crippen molar-refractivity contribution in [1.82, 2.24) is 15.2 Å². The highest BCUT2D eigenvalue weighted by Gasteiger charge is 2.33. The minimum absolute atomic E-state index is 0.0483. The number of amides is 1. The number of fused-ring (bicyclic) bond motifs is 2. The lowest BCUT2D eigenvalue weighted by atomic mass is 10.0. The SMILES string of the molecule is CCCC(CCC)NC(=O)c1nc2c(s1)N=CCC=C2N1CCC2=CCCC(F)=C21. The first-order valence-corrected chi connectivity index (χ1v) is 11.8. The fourth-order valence-corrected chi connectivity index (χ4v) is 5.26. The number of halogens is 1. The second kappa shape index (κ2) is 9.25. The lowest BCUT2D eigenvalue weighted by molar-refractivity contribution is 0.0932. The number of likely N-dealkylation sites (tertiary alicyclic amines) is 1. The van der Waals surface area contributed by atoms with E-state index in [2.05, 4.69) is 30.2 Å². The Morgan fingerprint density at radius 3 is 2.83 bits per heavy atom. The molecule has 1 fully saturated rings. The predicted octanol–water partition coefficient (Wildman–Crippen LogP) is 5.90. The monoisotopic (exact) mass is 428 g/mol. The van der Waals surface area contributed by atoms with Gasteiger partial charge >= 0.3 is 0 Å². The minimum atomic E-state index is -0.139. The van der Waals surface area contributed by atoms with Gasteiger partial charge in [-0.3, -0.25) is 4.79 Å². The molecule has 2 aliphatic heterocycles. The number of hydrogen-bond donors (Lipinski definition) is 1. The smallest absolute Gasteiger partial charge is 0.280 e. The first kappa shape index (κ1) is 21.0. The van der Waals surface area contributed by atoms with Gasteiger partial charge in [-0.2, -0.15) is 0 Å². The first-order valence-electron chi connectivity index (χ1n) is 11.0. The van der Waals surface area contributed by atoms with E-state index in [1.165, 1.54) is 11.3 Å². The Morgan fingerprint density at radius 2 is 2.07 bits per heavy atom. The zero-order valence-electron chi connectivity index (χ0n) is 17.7. The third kappa shape index (κ3) is 4.13. The molecule has 1 amide bonds. The molecule has 3 heterocycles. The summed E-state index contributed by atoms with van der Waals surface area (Å²) in [6.07, 6.45) is 12.7. The molecule has 1 saturated heterocycles. The van der Waals surface area contributed by atoms with Crippen molar-refractivity contribution >= 4 is 34.2 Å². The van der Waals surface area contributed by atoms with E-state index in [0.29, 0.717) is 29.2 Å². The summed E-state index contributed by atoms with van der Waals surface area (Å²) < 4.78 is 14.7. The van der Waals surface area contributed by atoms with Crippen LogP contribution in [0.3, 0.4) is 0 Å². The normalized spacial score (nSPS) is 18.2. The summed E-state index contributed by atoms with van der Waals surface area (Å²) in [5, 5.41) is 4.29. The topological polar surface area (TPSA) is 57.6 Å². The number of aromatic nitrogens is 1. The van der Waals surface area contributed by atoms with Crippen molar-refractivity contribution in [3.8, 4) is 0 Å². The van der Waals surface area contributed by atoms with Gasteiger partial charge in [0, 0.05) is 31.6 Å². The summed E-state index contributed by atoms with van der Waals surface area (Å²) in [7, 11) is 0. The highest BCUT2D eigenvalue weighted by molar-refractivity contribution is 7.17. The molecule has 1 aliphatic carbocycles. The average molecular weight is 429 g/mol. The van der Waals surface area contributed by atoms with Crippen LogP contribution in [0.15, 0.2) is 34.2 Å². The van der Waals surface area contributed by atoms with Gasteiger partial charge in [-0.1, -0.05) is 50.2 Å². The van der Waals surface area contributed by atoms with E-state index in [9.17, 15) is 9.18 Å². The van der Waals surface area contributed by atoms with E-state index in [1.807, 2.05) is 17.2 Å². The molecule has 30 heavy (non-hydrogen) atoms. The molecule has 0 unspecified atom stereocenters. The van der Waals surface area contributed by atoms with Crippen molar-refractivity contribution in [3.05, 3.63) is 40.0 Å². The number of nitrogens with one attached hydrogen (secondary N) is 1. The highest BCUT2D eigenvalue weighted by atomic mass is 32.1. The minimum Gasteiger partial charge on any atom is -0.347 e. The zero-order chi connectivity index (χ0) is 21.1. The first-order chi connectivity index (χ1) is 14.6. The molecule has 1 N–H and O–H groups in total. The number of carbonyl (C=O) groups is 1. The molecule has 0 radical (unpaired) electrons. The molecule has 0 bridgehead atoms. The van der Waals surface area contributed by atoms with Gasteiger partial charge in [-0.05, 0) is 31.3 Å². The number of aliphatic imine (C=N–C) groups is 1. The molecule has 0 aromatic carbocycles. The predicted molar refractivity (Wildman–Crippen MR) is 121 cm³/mol. The van der Waals surface area contributed by atoms with Crippen LogP contribution in [0, 0.1) is 0 Å². The summed E-state index contributed by atoms with van der Waals surface area (Å²) in [5.74, 6) is -0.188. The second-order valence-corrected chi connectivity index (χ2v) is 8.96. The van der Waals surface area contributed by atoms with Crippen molar-refractivity contribution < 1.29 is 9.18 Å². The molecule has 7 heteroatoms. The van der Waals surface area contributed by atoms with Crippen LogP contribution in [0.25, 0.3) is 5.70 Å². The Hall–Kier alpha value is -2.28. The summed E-state index contributed by atoms with van der Waals surface area (Å²) in [5.41, 5.74) is 3.34. The van der Waals surface area contributed by atoms with Crippen molar-refractivity contribution in [3.63, 3.8) is 0 Å². The Bertz CT molecular complexity index is 937. The standard InChI is InChI=1S/C23H29FN4OS/c1-3-7-16(8-4-2)26-21(29)23-27-19-18(11-6-13-25-22(19)30-23)28-14-12-15-9-5-10-17(24)20(15)28/h9,11,13,16H,3-8,10,12,14H2,1-2H3,(H,26,29). The second-order valence-electron chi connectivity index (χ2n) is 7.98. The molecule has 0 atom stereocenters. The van der Waals surface area contributed by atoms with Gasteiger partial charge in [-0.15, -0.1) is 0 Å². The van der Waals surface area contributed by atoms with Crippen LogP contribution >= 0.6 is 11.3 Å².